The van der Waals surface area contributed by atoms with E-state index >= 15 is 0 Å². The first-order valence-corrected chi connectivity index (χ1v) is 20.0. The van der Waals surface area contributed by atoms with E-state index in [9.17, 15) is 0 Å². The maximum absolute atomic E-state index is 6.38. The second kappa shape index (κ2) is 13.3. The number of para-hydroxylation sites is 2. The van der Waals surface area contributed by atoms with Crippen molar-refractivity contribution in [3.8, 4) is 27.9 Å². The number of hydrogen-bond acceptors (Lipinski definition) is 3. The van der Waals surface area contributed by atoms with E-state index in [0.717, 1.165) is 61.3 Å². The Morgan fingerprint density at radius 3 is 1.93 bits per heavy atom. The molecule has 0 saturated heterocycles. The van der Waals surface area contributed by atoms with Crippen LogP contribution in [0.2, 0.25) is 0 Å². The van der Waals surface area contributed by atoms with Crippen LogP contribution in [0.15, 0.2) is 217 Å². The minimum atomic E-state index is 0.754. The third-order valence-electron chi connectivity index (χ3n) is 11.8. The fraction of sp³-hybridized carbons (Fsp3) is 0. The van der Waals surface area contributed by atoms with Crippen LogP contribution in [-0.4, -0.2) is 9.55 Å². The van der Waals surface area contributed by atoms with Crippen molar-refractivity contribution < 1.29 is 4.42 Å². The van der Waals surface area contributed by atoms with Gasteiger partial charge < -0.3 is 13.9 Å². The summed E-state index contributed by atoms with van der Waals surface area (Å²) in [5.41, 5.74) is 13.6. The van der Waals surface area contributed by atoms with Crippen molar-refractivity contribution in [1.82, 2.24) is 9.55 Å². The zero-order valence-electron chi connectivity index (χ0n) is 32.0. The van der Waals surface area contributed by atoms with Gasteiger partial charge in [0.05, 0.1) is 22.9 Å². The molecule has 3 heterocycles. The highest BCUT2D eigenvalue weighted by Gasteiger charge is 2.19. The Morgan fingerprint density at radius 1 is 0.390 bits per heavy atom. The van der Waals surface area contributed by atoms with Gasteiger partial charge in [0.1, 0.15) is 11.1 Å². The third-order valence-corrected chi connectivity index (χ3v) is 11.8. The van der Waals surface area contributed by atoms with E-state index in [1.165, 1.54) is 49.1 Å². The van der Waals surface area contributed by atoms with Crippen molar-refractivity contribution in [2.75, 3.05) is 4.90 Å². The Morgan fingerprint density at radius 2 is 1.08 bits per heavy atom. The van der Waals surface area contributed by atoms with Crippen LogP contribution in [-0.2, 0) is 0 Å². The van der Waals surface area contributed by atoms with Gasteiger partial charge in [-0.25, -0.2) is 4.98 Å². The van der Waals surface area contributed by atoms with E-state index in [1.807, 2.05) is 24.4 Å². The molecule has 0 radical (unpaired) electrons. The summed E-state index contributed by atoms with van der Waals surface area (Å²) < 4.78 is 8.79. The van der Waals surface area contributed by atoms with Crippen LogP contribution in [0.4, 0.5) is 17.1 Å². The Balaban J connectivity index is 1.00. The molecular weight excluding hydrogens is 719 g/mol. The summed E-state index contributed by atoms with van der Waals surface area (Å²) in [5.74, 6) is 0. The number of pyridine rings is 1. The van der Waals surface area contributed by atoms with Gasteiger partial charge in [-0.15, -0.1) is 0 Å². The lowest BCUT2D eigenvalue weighted by molar-refractivity contribution is 0.668. The van der Waals surface area contributed by atoms with Crippen LogP contribution in [0.1, 0.15) is 0 Å². The molecule has 4 heteroatoms. The van der Waals surface area contributed by atoms with Gasteiger partial charge in [-0.05, 0) is 111 Å². The van der Waals surface area contributed by atoms with E-state index in [-0.39, 0.29) is 0 Å². The van der Waals surface area contributed by atoms with Crippen LogP contribution in [0, 0.1) is 0 Å². The van der Waals surface area contributed by atoms with E-state index in [2.05, 4.69) is 198 Å². The van der Waals surface area contributed by atoms with E-state index in [4.69, 9.17) is 9.40 Å². The number of anilines is 3. The largest absolute Gasteiger partial charge is 0.454 e. The molecule has 12 aromatic rings. The van der Waals surface area contributed by atoms with Gasteiger partial charge >= 0.3 is 0 Å². The molecule has 0 aliphatic heterocycles. The molecule has 0 bridgehead atoms. The summed E-state index contributed by atoms with van der Waals surface area (Å²) in [6.07, 6.45) is 1.97. The average Bonchev–Trinajstić information content (AvgIpc) is 3.83. The topological polar surface area (TPSA) is 34.2 Å². The average molecular weight is 754 g/mol. The summed E-state index contributed by atoms with van der Waals surface area (Å²) in [4.78, 5) is 7.30. The van der Waals surface area contributed by atoms with Crippen molar-refractivity contribution in [1.29, 1.82) is 0 Å². The van der Waals surface area contributed by atoms with E-state index in [1.54, 1.807) is 0 Å². The first-order chi connectivity index (χ1) is 29.2. The predicted octanol–water partition coefficient (Wildman–Crippen LogP) is 15.2. The number of aromatic nitrogens is 2. The molecular formula is C55H35N3O. The molecule has 0 fully saturated rings. The molecule has 0 spiro atoms. The molecule has 4 nitrogen and oxygen atoms in total. The lowest BCUT2D eigenvalue weighted by Crippen LogP contribution is -2.10. The Hall–Kier alpha value is -7.95. The minimum Gasteiger partial charge on any atom is -0.454 e. The molecule has 0 amide bonds. The van der Waals surface area contributed by atoms with Gasteiger partial charge in [-0.3, -0.25) is 0 Å². The van der Waals surface area contributed by atoms with Gasteiger partial charge in [0.2, 0.25) is 0 Å². The smallest absolute Gasteiger partial charge is 0.155 e. The summed E-state index contributed by atoms with van der Waals surface area (Å²) in [6.45, 7) is 0. The molecule has 0 aliphatic carbocycles. The maximum atomic E-state index is 6.38. The van der Waals surface area contributed by atoms with Gasteiger partial charge in [0, 0.05) is 39.3 Å². The summed E-state index contributed by atoms with van der Waals surface area (Å²) in [7, 11) is 0. The molecule has 59 heavy (non-hydrogen) atoms. The van der Waals surface area contributed by atoms with Gasteiger partial charge in [0.15, 0.2) is 5.58 Å². The molecule has 276 valence electrons. The van der Waals surface area contributed by atoms with E-state index in [0.29, 0.717) is 0 Å². The monoisotopic (exact) mass is 753 g/mol. The lowest BCUT2D eigenvalue weighted by atomic mass is 9.96. The fourth-order valence-electron chi connectivity index (χ4n) is 8.99. The number of benzene rings is 9. The van der Waals surface area contributed by atoms with Gasteiger partial charge in [0.25, 0.3) is 0 Å². The molecule has 0 atom stereocenters. The van der Waals surface area contributed by atoms with Crippen LogP contribution in [0.25, 0.3) is 93.4 Å². The Bertz CT molecular complexity index is 3560. The molecule has 0 aliphatic rings. The van der Waals surface area contributed by atoms with Crippen molar-refractivity contribution in [2.45, 2.75) is 0 Å². The lowest BCUT2D eigenvalue weighted by Gasteiger charge is -2.26. The highest BCUT2D eigenvalue weighted by Crippen LogP contribution is 2.42. The Kier molecular flexibility index (Phi) is 7.50. The second-order valence-corrected chi connectivity index (χ2v) is 15.2. The number of rotatable bonds is 6. The molecule has 0 N–H and O–H groups in total. The fourth-order valence-corrected chi connectivity index (χ4v) is 8.99. The third kappa shape index (κ3) is 5.49. The number of fused-ring (bicyclic) bond motifs is 8. The zero-order valence-corrected chi connectivity index (χ0v) is 32.0. The molecule has 0 unspecified atom stereocenters. The highest BCUT2D eigenvalue weighted by molar-refractivity contribution is 6.13. The van der Waals surface area contributed by atoms with Gasteiger partial charge in [-0.2, -0.15) is 0 Å². The number of nitrogens with zero attached hydrogens (tertiary/aromatic N) is 3. The molecule has 0 saturated carbocycles. The molecule has 9 aromatic carbocycles. The first-order valence-electron chi connectivity index (χ1n) is 20.0. The second-order valence-electron chi connectivity index (χ2n) is 15.2. The van der Waals surface area contributed by atoms with Crippen molar-refractivity contribution in [3.63, 3.8) is 0 Å². The number of hydrogen-bond donors (Lipinski definition) is 0. The SMILES string of the molecule is c1ccc(-c2cc(N(c3ccc(-c4cccc(-n5c6ccccc6c6cc7ccccc7cc65)c4)cc3)c3cnc4c(c3)oc3ccccc34)cc3ccccc23)cc1. The van der Waals surface area contributed by atoms with Crippen molar-refractivity contribution in [2.24, 2.45) is 0 Å². The minimum absolute atomic E-state index is 0.754. The Labute approximate surface area is 340 Å². The highest BCUT2D eigenvalue weighted by atomic mass is 16.3. The van der Waals surface area contributed by atoms with Crippen LogP contribution >= 0.6 is 0 Å². The summed E-state index contributed by atoms with van der Waals surface area (Å²) in [5, 5.41) is 8.38. The van der Waals surface area contributed by atoms with Crippen LogP contribution in [0.3, 0.4) is 0 Å². The molecule has 3 aromatic heterocycles. The normalized spacial score (nSPS) is 11.7. The van der Waals surface area contributed by atoms with Crippen molar-refractivity contribution >= 4 is 82.5 Å². The van der Waals surface area contributed by atoms with Crippen LogP contribution in [0.5, 0.6) is 0 Å². The predicted molar refractivity (Wildman–Crippen MR) is 246 cm³/mol. The van der Waals surface area contributed by atoms with E-state index < -0.39 is 0 Å². The quantitative estimate of drug-likeness (QED) is 0.170. The first kappa shape index (κ1) is 33.2. The maximum Gasteiger partial charge on any atom is 0.155 e. The van der Waals surface area contributed by atoms with Gasteiger partial charge in [-0.1, -0.05) is 133 Å². The summed E-state index contributed by atoms with van der Waals surface area (Å²) >= 11 is 0. The standard InChI is InChI=1S/C55H35N3O/c1-2-13-37(14-3-1)49-33-44(30-41-17-6-7-20-46(41)49)57(45-34-54-55(56-35-45)48-22-9-11-24-53(48)59-54)42-27-25-36(26-28-42)38-18-12-19-43(29-38)58-51-23-10-8-21-47(51)50-31-39-15-4-5-16-40(39)32-52(50)58/h1-35H. The van der Waals surface area contributed by atoms with Crippen molar-refractivity contribution in [3.05, 3.63) is 212 Å². The summed E-state index contributed by atoms with van der Waals surface area (Å²) in [6, 6.07) is 73.8. The molecule has 12 rings (SSSR count). The zero-order chi connectivity index (χ0) is 38.9. The number of furan rings is 1. The van der Waals surface area contributed by atoms with Crippen LogP contribution < -0.4 is 4.90 Å².